The molecule has 8 rings (SSSR count). The number of esters is 2. The molecule has 2 aliphatic heterocycles. The first-order chi connectivity index (χ1) is 33.3. The van der Waals surface area contributed by atoms with Crippen LogP contribution in [0, 0.1) is 0 Å². The fraction of sp³-hybridized carbons (Fsp3) is 0.365. The van der Waals surface area contributed by atoms with E-state index in [1.54, 1.807) is 30.3 Å². The minimum Gasteiger partial charge on any atom is -0.463 e. The quantitative estimate of drug-likeness (QED) is 0.0266. The molecule has 5 aromatic rings. The number of benzene rings is 5. The Labute approximate surface area is 393 Å². The van der Waals surface area contributed by atoms with Crippen molar-refractivity contribution in [1.82, 2.24) is 0 Å². The zero-order valence-electron chi connectivity index (χ0n) is 37.8. The molecule has 10 atom stereocenters. The van der Waals surface area contributed by atoms with Crippen molar-refractivity contribution in [3.63, 3.8) is 0 Å². The predicted molar refractivity (Wildman–Crippen MR) is 245 cm³/mol. The fourth-order valence-electron chi connectivity index (χ4n) is 8.92. The van der Waals surface area contributed by atoms with Crippen LogP contribution >= 0.6 is 0 Å². The molecule has 5 unspecified atom stereocenters. The van der Waals surface area contributed by atoms with Gasteiger partial charge in [-0.3, -0.25) is 4.79 Å². The Morgan fingerprint density at radius 3 is 1.75 bits per heavy atom. The first kappa shape index (κ1) is 47.9. The van der Waals surface area contributed by atoms with E-state index < -0.39 is 86.1 Å². The average molecular weight is 928 g/mol. The van der Waals surface area contributed by atoms with Crippen LogP contribution in [0.4, 0.5) is 4.79 Å². The lowest BCUT2D eigenvalue weighted by Crippen LogP contribution is -2.65. The highest BCUT2D eigenvalue weighted by Crippen LogP contribution is 2.45. The Bertz CT molecular complexity index is 2460. The maximum absolute atomic E-state index is 14.0. The molecule has 2 fully saturated rings. The summed E-state index contributed by atoms with van der Waals surface area (Å²) in [5, 5.41) is 4.15. The highest BCUT2D eigenvalue weighted by molar-refractivity contribution is 5.89. The van der Waals surface area contributed by atoms with Gasteiger partial charge in [0.1, 0.15) is 43.7 Å². The number of carbonyl (C=O) groups excluding carboxylic acids is 3. The highest BCUT2D eigenvalue weighted by Gasteiger charge is 2.55. The standard InChI is InChI=1S/C52H53N3O13/c1-4-41-44(47(62-29-34-20-10-6-11-21-34)48(51(59-3)64-41)66-49(57)35-22-12-7-13-23-35)67-50-43(54-55-53)46(61-28-33-18-8-5-9-19-33)45(42(65-50)31-60-32(2)56)68-52(58)63-30-40-38-26-16-14-24-36(38)37-25-15-17-27-39(37)40/h5-27,40-48,50-51H,4,28-31H2,1-3H3/t41?,42?,43?,44-,45-,46-,47+,48?,50-,51?/m0/s1. The number of methoxy groups -OCH3 is 1. The van der Waals surface area contributed by atoms with Gasteiger partial charge in [-0.2, -0.15) is 0 Å². The smallest absolute Gasteiger partial charge is 0.463 e. The van der Waals surface area contributed by atoms with Crippen molar-refractivity contribution in [2.24, 2.45) is 5.11 Å². The van der Waals surface area contributed by atoms with Crippen LogP contribution in [0.25, 0.3) is 21.6 Å². The summed E-state index contributed by atoms with van der Waals surface area (Å²) in [6, 6.07) is 41.6. The highest BCUT2D eigenvalue weighted by atomic mass is 16.8. The number of carbonyl (C=O) groups is 3. The maximum Gasteiger partial charge on any atom is 0.508 e. The van der Waals surface area contributed by atoms with Gasteiger partial charge in [0.05, 0.1) is 24.9 Å². The van der Waals surface area contributed by atoms with Crippen LogP contribution in [0.5, 0.6) is 0 Å². The van der Waals surface area contributed by atoms with Crippen LogP contribution in [0.3, 0.4) is 0 Å². The number of hydrogen-bond donors (Lipinski definition) is 0. The van der Waals surface area contributed by atoms with Gasteiger partial charge in [0.2, 0.25) is 0 Å². The van der Waals surface area contributed by atoms with Gasteiger partial charge in [-0.1, -0.05) is 139 Å². The van der Waals surface area contributed by atoms with Gasteiger partial charge < -0.3 is 47.4 Å². The number of azide groups is 1. The summed E-state index contributed by atoms with van der Waals surface area (Å²) in [6.45, 7) is 2.66. The fourth-order valence-corrected chi connectivity index (χ4v) is 8.92. The van der Waals surface area contributed by atoms with Crippen molar-refractivity contribution >= 4 is 18.1 Å². The lowest BCUT2D eigenvalue weighted by atomic mass is 9.94. The molecule has 2 heterocycles. The van der Waals surface area contributed by atoms with E-state index in [0.717, 1.165) is 33.4 Å². The van der Waals surface area contributed by atoms with E-state index in [-0.39, 0.29) is 31.3 Å². The largest absolute Gasteiger partial charge is 0.508 e. The van der Waals surface area contributed by atoms with Crippen LogP contribution in [0.1, 0.15) is 58.8 Å². The predicted octanol–water partition coefficient (Wildman–Crippen LogP) is 8.85. The van der Waals surface area contributed by atoms with Crippen LogP contribution in [0.2, 0.25) is 0 Å². The van der Waals surface area contributed by atoms with E-state index >= 15 is 0 Å². The average Bonchev–Trinajstić information content (AvgIpc) is 3.69. The van der Waals surface area contributed by atoms with Crippen molar-refractivity contribution < 1.29 is 61.8 Å². The number of fused-ring (bicyclic) bond motifs is 3. The van der Waals surface area contributed by atoms with Crippen LogP contribution in [0.15, 0.2) is 145 Å². The number of nitrogens with zero attached hydrogens (tertiary/aromatic N) is 3. The summed E-state index contributed by atoms with van der Waals surface area (Å²) in [5.74, 6) is -1.57. The van der Waals surface area contributed by atoms with Gasteiger partial charge in [0, 0.05) is 24.9 Å². The lowest BCUT2D eigenvalue weighted by Gasteiger charge is -2.49. The molecule has 68 heavy (non-hydrogen) atoms. The second kappa shape index (κ2) is 22.9. The van der Waals surface area contributed by atoms with E-state index in [9.17, 15) is 19.9 Å². The molecular formula is C52H53N3O13. The van der Waals surface area contributed by atoms with Gasteiger partial charge in [-0.25, -0.2) is 9.59 Å². The Kier molecular flexibility index (Phi) is 16.1. The third kappa shape index (κ3) is 11.2. The Balaban J connectivity index is 1.12. The first-order valence-electron chi connectivity index (χ1n) is 22.5. The van der Waals surface area contributed by atoms with Gasteiger partial charge in [-0.15, -0.1) is 0 Å². The number of ether oxygens (including phenoxy) is 10. The second-order valence-corrected chi connectivity index (χ2v) is 16.5. The first-order valence-corrected chi connectivity index (χ1v) is 22.5. The van der Waals surface area contributed by atoms with Crippen LogP contribution in [-0.4, -0.2) is 99.8 Å². The summed E-state index contributed by atoms with van der Waals surface area (Å²) in [6.07, 6.45) is -11.3. The normalized spacial score (nSPS) is 25.2. The van der Waals surface area contributed by atoms with Gasteiger partial charge in [0.15, 0.2) is 24.8 Å². The van der Waals surface area contributed by atoms with Crippen molar-refractivity contribution in [2.45, 2.75) is 101 Å². The summed E-state index contributed by atoms with van der Waals surface area (Å²) >= 11 is 0. The SMILES string of the molecule is CCC1OC(OC)C(OC(=O)c2ccccc2)[C@H](OCc2ccccc2)[C@H]1O[C@@H]1OC(COC(C)=O)[C@H](OC(=O)OCC2c3ccccc3-c3ccccc32)[C@@H](OCc2ccccc2)C1N=[N+]=[N-]. The zero-order chi connectivity index (χ0) is 47.4. The number of hydrogen-bond acceptors (Lipinski definition) is 14. The Morgan fingerprint density at radius 2 is 1.18 bits per heavy atom. The molecule has 354 valence electrons. The Hall–Kier alpha value is -6.62. The van der Waals surface area contributed by atoms with Gasteiger partial charge in [-0.05, 0) is 57.5 Å². The van der Waals surface area contributed by atoms with Crippen molar-refractivity contribution in [3.8, 4) is 11.1 Å². The lowest BCUT2D eigenvalue weighted by molar-refractivity contribution is -0.347. The van der Waals surface area contributed by atoms with E-state index in [1.165, 1.54) is 14.0 Å². The summed E-state index contributed by atoms with van der Waals surface area (Å²) in [7, 11) is 1.43. The van der Waals surface area contributed by atoms with E-state index in [1.807, 2.05) is 116 Å². The molecule has 16 heteroatoms. The molecule has 3 aliphatic rings. The molecule has 0 spiro atoms. The molecule has 0 radical (unpaired) electrons. The van der Waals surface area contributed by atoms with E-state index in [0.29, 0.717) is 6.42 Å². The molecule has 0 amide bonds. The molecule has 5 aromatic carbocycles. The molecule has 2 saturated heterocycles. The second-order valence-electron chi connectivity index (χ2n) is 16.5. The molecular weight excluding hydrogens is 875 g/mol. The summed E-state index contributed by atoms with van der Waals surface area (Å²) in [5.41, 5.74) is 16.1. The molecule has 0 aromatic heterocycles. The third-order valence-electron chi connectivity index (χ3n) is 12.2. The summed E-state index contributed by atoms with van der Waals surface area (Å²) in [4.78, 5) is 43.3. The Morgan fingerprint density at radius 1 is 0.618 bits per heavy atom. The van der Waals surface area contributed by atoms with Crippen LogP contribution < -0.4 is 0 Å². The molecule has 0 saturated carbocycles. The van der Waals surface area contributed by atoms with Crippen molar-refractivity contribution in [2.75, 3.05) is 20.3 Å². The van der Waals surface area contributed by atoms with Crippen molar-refractivity contribution in [1.29, 1.82) is 0 Å². The minimum atomic E-state index is -1.48. The molecule has 16 nitrogen and oxygen atoms in total. The molecule has 1 aliphatic carbocycles. The zero-order valence-corrected chi connectivity index (χ0v) is 37.8. The third-order valence-corrected chi connectivity index (χ3v) is 12.2. The van der Waals surface area contributed by atoms with Gasteiger partial charge in [0.25, 0.3) is 0 Å². The topological polar surface area (TPSA) is 192 Å². The van der Waals surface area contributed by atoms with Crippen LogP contribution in [-0.2, 0) is 65.4 Å². The molecule has 0 N–H and O–H groups in total. The summed E-state index contributed by atoms with van der Waals surface area (Å²) < 4.78 is 62.6. The van der Waals surface area contributed by atoms with E-state index in [4.69, 9.17) is 47.4 Å². The number of rotatable bonds is 18. The minimum absolute atomic E-state index is 0.0273. The van der Waals surface area contributed by atoms with E-state index in [2.05, 4.69) is 10.0 Å². The monoisotopic (exact) mass is 927 g/mol. The molecule has 0 bridgehead atoms. The van der Waals surface area contributed by atoms with Gasteiger partial charge >= 0.3 is 18.1 Å². The van der Waals surface area contributed by atoms with Crippen molar-refractivity contribution in [3.05, 3.63) is 178 Å². The maximum atomic E-state index is 14.0.